The van der Waals surface area contributed by atoms with Crippen molar-refractivity contribution in [3.8, 4) is 0 Å². The van der Waals surface area contributed by atoms with Gasteiger partial charge in [-0.2, -0.15) is 0 Å². The number of allylic oxidation sites excluding steroid dienone is 1. The van der Waals surface area contributed by atoms with E-state index in [1.165, 1.54) is 0 Å². The van der Waals surface area contributed by atoms with Crippen LogP contribution in [-0.2, 0) is 4.79 Å². The van der Waals surface area contributed by atoms with Crippen molar-refractivity contribution >= 4 is 5.97 Å². The maximum Gasteiger partial charge on any atom is 0.307 e. The van der Waals surface area contributed by atoms with E-state index < -0.39 is 5.97 Å². The van der Waals surface area contributed by atoms with E-state index in [2.05, 4.69) is 6.58 Å². The van der Waals surface area contributed by atoms with E-state index in [1.807, 2.05) is 27.7 Å². The van der Waals surface area contributed by atoms with Crippen LogP contribution in [0.15, 0.2) is 12.2 Å². The van der Waals surface area contributed by atoms with Crippen LogP contribution in [0.2, 0.25) is 0 Å². The molecule has 13 heavy (non-hydrogen) atoms. The molecule has 0 spiro atoms. The van der Waals surface area contributed by atoms with Gasteiger partial charge in [0, 0.05) is 0 Å². The highest BCUT2D eigenvalue weighted by Crippen LogP contribution is 2.31. The monoisotopic (exact) mass is 184 g/mol. The summed E-state index contributed by atoms with van der Waals surface area (Å²) in [7, 11) is 0. The summed E-state index contributed by atoms with van der Waals surface area (Å²) in [5, 5.41) is 9.01. The Morgan fingerprint density at radius 2 is 1.92 bits per heavy atom. The van der Waals surface area contributed by atoms with Crippen LogP contribution in [0.3, 0.4) is 0 Å². The van der Waals surface area contributed by atoms with Crippen molar-refractivity contribution in [2.24, 2.45) is 11.3 Å². The second-order valence-corrected chi connectivity index (χ2v) is 4.56. The van der Waals surface area contributed by atoms with Crippen molar-refractivity contribution in [1.29, 1.82) is 0 Å². The van der Waals surface area contributed by atoms with Gasteiger partial charge in [0.15, 0.2) is 0 Å². The molecule has 0 aromatic rings. The van der Waals surface area contributed by atoms with E-state index in [0.29, 0.717) is 6.42 Å². The third kappa shape index (κ3) is 4.11. The van der Waals surface area contributed by atoms with Gasteiger partial charge in [-0.3, -0.25) is 4.79 Å². The van der Waals surface area contributed by atoms with Crippen molar-refractivity contribution in [3.63, 3.8) is 0 Å². The molecule has 0 aliphatic carbocycles. The molecule has 1 N–H and O–H groups in total. The quantitative estimate of drug-likeness (QED) is 0.682. The Morgan fingerprint density at radius 3 is 2.15 bits per heavy atom. The van der Waals surface area contributed by atoms with Gasteiger partial charge in [-0.1, -0.05) is 39.8 Å². The molecule has 0 aromatic heterocycles. The number of rotatable bonds is 4. The first-order chi connectivity index (χ1) is 5.79. The first kappa shape index (κ1) is 12.2. The van der Waals surface area contributed by atoms with Gasteiger partial charge in [-0.05, 0) is 18.3 Å². The van der Waals surface area contributed by atoms with E-state index in [-0.39, 0.29) is 11.3 Å². The minimum absolute atomic E-state index is 0.191. The fourth-order valence-electron chi connectivity index (χ4n) is 1.20. The average molecular weight is 184 g/mol. The summed E-state index contributed by atoms with van der Waals surface area (Å²) in [5.74, 6) is -1.04. The highest BCUT2D eigenvalue weighted by molar-refractivity contribution is 5.71. The van der Waals surface area contributed by atoms with Crippen LogP contribution in [0.25, 0.3) is 0 Å². The van der Waals surface area contributed by atoms with E-state index in [1.54, 1.807) is 0 Å². The molecule has 2 heteroatoms. The van der Waals surface area contributed by atoms with Crippen molar-refractivity contribution in [3.05, 3.63) is 12.2 Å². The molecule has 2 nitrogen and oxygen atoms in total. The Morgan fingerprint density at radius 1 is 1.46 bits per heavy atom. The minimum Gasteiger partial charge on any atom is -0.481 e. The summed E-state index contributed by atoms with van der Waals surface area (Å²) in [4.78, 5) is 11.0. The van der Waals surface area contributed by atoms with Crippen LogP contribution >= 0.6 is 0 Å². The molecule has 0 radical (unpaired) electrons. The van der Waals surface area contributed by atoms with Crippen LogP contribution in [0.1, 0.15) is 40.5 Å². The van der Waals surface area contributed by atoms with Crippen LogP contribution < -0.4 is 0 Å². The van der Waals surface area contributed by atoms with Crippen molar-refractivity contribution in [1.82, 2.24) is 0 Å². The summed E-state index contributed by atoms with van der Waals surface area (Å²) in [6.45, 7) is 11.7. The standard InChI is InChI=1S/C11H20O2/c1-6-8(2)7-9(10(12)13)11(3,4)5/h9H,2,6-7H2,1,3-5H3,(H,12,13). The predicted molar refractivity (Wildman–Crippen MR) is 54.6 cm³/mol. The molecule has 76 valence electrons. The fraction of sp³-hybridized carbons (Fsp3) is 0.727. The first-order valence-corrected chi connectivity index (χ1v) is 4.68. The molecule has 1 atom stereocenters. The summed E-state index contributed by atoms with van der Waals surface area (Å²) in [6.07, 6.45) is 1.45. The van der Waals surface area contributed by atoms with E-state index in [0.717, 1.165) is 12.0 Å². The lowest BCUT2D eigenvalue weighted by Gasteiger charge is -2.27. The SMILES string of the molecule is C=C(CC)CC(C(=O)O)C(C)(C)C. The molecule has 0 heterocycles. The Balaban J connectivity index is 4.46. The van der Waals surface area contributed by atoms with Crippen LogP contribution in [-0.4, -0.2) is 11.1 Å². The molecule has 0 saturated carbocycles. The predicted octanol–water partition coefficient (Wildman–Crippen LogP) is 3.09. The highest BCUT2D eigenvalue weighted by Gasteiger charge is 2.30. The summed E-state index contributed by atoms with van der Waals surface area (Å²) >= 11 is 0. The van der Waals surface area contributed by atoms with Gasteiger partial charge in [-0.15, -0.1) is 0 Å². The second kappa shape index (κ2) is 4.45. The summed E-state index contributed by atoms with van der Waals surface area (Å²) < 4.78 is 0. The minimum atomic E-state index is -0.720. The van der Waals surface area contributed by atoms with Gasteiger partial charge in [0.05, 0.1) is 5.92 Å². The van der Waals surface area contributed by atoms with Crippen molar-refractivity contribution < 1.29 is 9.90 Å². The van der Waals surface area contributed by atoms with E-state index >= 15 is 0 Å². The summed E-state index contributed by atoms with van der Waals surface area (Å²) in [5.41, 5.74) is 0.826. The maximum absolute atomic E-state index is 11.0. The van der Waals surface area contributed by atoms with Gasteiger partial charge in [-0.25, -0.2) is 0 Å². The van der Waals surface area contributed by atoms with Crippen LogP contribution in [0, 0.1) is 11.3 Å². The van der Waals surface area contributed by atoms with Gasteiger partial charge in [0.1, 0.15) is 0 Å². The molecular weight excluding hydrogens is 164 g/mol. The van der Waals surface area contributed by atoms with Gasteiger partial charge >= 0.3 is 5.97 Å². The zero-order valence-electron chi connectivity index (χ0n) is 9.05. The number of carboxylic acids is 1. The van der Waals surface area contributed by atoms with Crippen molar-refractivity contribution in [2.45, 2.75) is 40.5 Å². The first-order valence-electron chi connectivity index (χ1n) is 4.68. The molecule has 0 saturated heterocycles. The molecule has 0 aromatic carbocycles. The molecular formula is C11H20O2. The zero-order valence-corrected chi connectivity index (χ0v) is 9.05. The Hall–Kier alpha value is -0.790. The normalized spacial score (nSPS) is 13.8. The van der Waals surface area contributed by atoms with Gasteiger partial charge in [0.2, 0.25) is 0 Å². The number of carbonyl (C=O) groups is 1. The molecule has 0 aliphatic heterocycles. The number of carboxylic acid groups (broad SMARTS) is 1. The number of aliphatic carboxylic acids is 1. The van der Waals surface area contributed by atoms with Gasteiger partial charge < -0.3 is 5.11 Å². The lowest BCUT2D eigenvalue weighted by molar-refractivity contribution is -0.145. The molecule has 0 amide bonds. The number of hydrogen-bond acceptors (Lipinski definition) is 1. The molecule has 0 rings (SSSR count). The molecule has 0 aliphatic rings. The largest absolute Gasteiger partial charge is 0.481 e. The van der Waals surface area contributed by atoms with E-state index in [4.69, 9.17) is 5.11 Å². The molecule has 0 bridgehead atoms. The van der Waals surface area contributed by atoms with Crippen LogP contribution in [0.4, 0.5) is 0 Å². The zero-order chi connectivity index (χ0) is 10.6. The Bertz CT molecular complexity index is 199. The molecule has 0 fully saturated rings. The third-order valence-corrected chi connectivity index (χ3v) is 2.34. The third-order valence-electron chi connectivity index (χ3n) is 2.34. The summed E-state index contributed by atoms with van der Waals surface area (Å²) in [6, 6.07) is 0. The maximum atomic E-state index is 11.0. The smallest absolute Gasteiger partial charge is 0.307 e. The average Bonchev–Trinajstić information content (AvgIpc) is 1.96. The van der Waals surface area contributed by atoms with E-state index in [9.17, 15) is 4.79 Å². The Kier molecular flexibility index (Phi) is 4.18. The van der Waals surface area contributed by atoms with Crippen molar-refractivity contribution in [2.75, 3.05) is 0 Å². The van der Waals surface area contributed by atoms with Crippen LogP contribution in [0.5, 0.6) is 0 Å². The highest BCUT2D eigenvalue weighted by atomic mass is 16.4. The number of hydrogen-bond donors (Lipinski definition) is 1. The fourth-order valence-corrected chi connectivity index (χ4v) is 1.20. The second-order valence-electron chi connectivity index (χ2n) is 4.56. The lowest BCUT2D eigenvalue weighted by Crippen LogP contribution is -2.28. The lowest BCUT2D eigenvalue weighted by atomic mass is 9.77. The Labute approximate surface area is 80.7 Å². The van der Waals surface area contributed by atoms with Gasteiger partial charge in [0.25, 0.3) is 0 Å². The topological polar surface area (TPSA) is 37.3 Å². The molecule has 1 unspecified atom stereocenters.